The summed E-state index contributed by atoms with van der Waals surface area (Å²) in [6, 6.07) is 3.63. The highest BCUT2D eigenvalue weighted by Crippen LogP contribution is 2.28. The molecule has 0 aromatic heterocycles. The van der Waals surface area contributed by atoms with Crippen LogP contribution in [0.3, 0.4) is 0 Å². The Morgan fingerprint density at radius 1 is 1.50 bits per heavy atom. The number of esters is 1. The predicted octanol–water partition coefficient (Wildman–Crippen LogP) is 1.35. The molecule has 18 heavy (non-hydrogen) atoms. The van der Waals surface area contributed by atoms with Gasteiger partial charge in [-0.15, -0.1) is 0 Å². The van der Waals surface area contributed by atoms with Gasteiger partial charge in [-0.1, -0.05) is 0 Å². The maximum Gasteiger partial charge on any atom is 0.346 e. The second-order valence-corrected chi connectivity index (χ2v) is 3.39. The van der Waals surface area contributed by atoms with E-state index in [9.17, 15) is 19.7 Å². The van der Waals surface area contributed by atoms with Gasteiger partial charge in [-0.25, -0.2) is 4.79 Å². The molecule has 0 saturated carbocycles. The third kappa shape index (κ3) is 3.03. The Hall–Kier alpha value is -2.44. The monoisotopic (exact) mass is 253 g/mol. The average Bonchev–Trinajstić information content (AvgIpc) is 2.37. The van der Waals surface area contributed by atoms with Crippen LogP contribution in [0.2, 0.25) is 0 Å². The number of carbonyl (C=O) groups is 2. The molecule has 1 atom stereocenters. The summed E-state index contributed by atoms with van der Waals surface area (Å²) in [7, 11) is 1.18. The number of hydrogen-bond donors (Lipinski definition) is 0. The van der Waals surface area contributed by atoms with E-state index in [-0.39, 0.29) is 17.0 Å². The minimum atomic E-state index is -1.00. The van der Waals surface area contributed by atoms with Crippen LogP contribution in [-0.4, -0.2) is 30.4 Å². The number of nitro benzene ring substituents is 1. The van der Waals surface area contributed by atoms with Crippen molar-refractivity contribution in [2.75, 3.05) is 7.11 Å². The van der Waals surface area contributed by atoms with Gasteiger partial charge in [-0.3, -0.25) is 14.9 Å². The smallest absolute Gasteiger partial charge is 0.346 e. The number of hydrogen-bond acceptors (Lipinski definition) is 6. The molecular formula is C11H11NO6. The highest BCUT2D eigenvalue weighted by Gasteiger charge is 2.21. The Labute approximate surface area is 102 Å². The third-order valence-corrected chi connectivity index (χ3v) is 2.15. The molecular weight excluding hydrogens is 242 g/mol. The van der Waals surface area contributed by atoms with Crippen molar-refractivity contribution in [1.82, 2.24) is 0 Å². The SMILES string of the molecule is COC(=O)C(C)Oc1cc(C=O)ccc1[N+](=O)[O-]. The largest absolute Gasteiger partial charge is 0.472 e. The number of nitro groups is 1. The molecule has 1 unspecified atom stereocenters. The molecule has 0 aliphatic heterocycles. The molecule has 7 heteroatoms. The molecule has 0 heterocycles. The van der Waals surface area contributed by atoms with Gasteiger partial charge in [-0.05, 0) is 19.1 Å². The Balaban J connectivity index is 3.08. The van der Waals surface area contributed by atoms with Crippen molar-refractivity contribution in [3.8, 4) is 5.75 Å². The number of methoxy groups -OCH3 is 1. The van der Waals surface area contributed by atoms with Gasteiger partial charge in [-0.2, -0.15) is 0 Å². The first-order valence-corrected chi connectivity index (χ1v) is 4.97. The van der Waals surface area contributed by atoms with Gasteiger partial charge in [0.2, 0.25) is 0 Å². The van der Waals surface area contributed by atoms with E-state index in [0.717, 1.165) is 6.07 Å². The summed E-state index contributed by atoms with van der Waals surface area (Å²) in [4.78, 5) is 31.9. The Morgan fingerprint density at radius 3 is 2.67 bits per heavy atom. The summed E-state index contributed by atoms with van der Waals surface area (Å²) in [5, 5.41) is 10.8. The van der Waals surface area contributed by atoms with Crippen molar-refractivity contribution in [3.63, 3.8) is 0 Å². The molecule has 96 valence electrons. The molecule has 0 aliphatic rings. The van der Waals surface area contributed by atoms with Gasteiger partial charge in [0.1, 0.15) is 6.29 Å². The summed E-state index contributed by atoms with van der Waals surface area (Å²) in [5.41, 5.74) is -0.107. The molecule has 1 aromatic rings. The van der Waals surface area contributed by atoms with Crippen molar-refractivity contribution >= 4 is 17.9 Å². The van der Waals surface area contributed by atoms with E-state index in [1.165, 1.54) is 26.2 Å². The minimum Gasteiger partial charge on any atom is -0.472 e. The van der Waals surface area contributed by atoms with Gasteiger partial charge in [0.05, 0.1) is 12.0 Å². The van der Waals surface area contributed by atoms with Gasteiger partial charge < -0.3 is 9.47 Å². The maximum atomic E-state index is 11.2. The topological polar surface area (TPSA) is 95.7 Å². The van der Waals surface area contributed by atoms with Gasteiger partial charge in [0.15, 0.2) is 11.9 Å². The zero-order valence-corrected chi connectivity index (χ0v) is 9.78. The second-order valence-electron chi connectivity index (χ2n) is 3.39. The summed E-state index contributed by atoms with van der Waals surface area (Å²) >= 11 is 0. The number of rotatable bonds is 5. The number of ether oxygens (including phenoxy) is 2. The lowest BCUT2D eigenvalue weighted by atomic mass is 10.2. The van der Waals surface area contributed by atoms with E-state index in [1.54, 1.807) is 0 Å². The summed E-state index contributed by atoms with van der Waals surface area (Å²) in [6.07, 6.45) is -0.477. The zero-order valence-electron chi connectivity index (χ0n) is 9.78. The molecule has 0 bridgehead atoms. The van der Waals surface area contributed by atoms with Gasteiger partial charge in [0, 0.05) is 11.6 Å². The van der Waals surface area contributed by atoms with Crippen LogP contribution in [0.15, 0.2) is 18.2 Å². The molecule has 0 N–H and O–H groups in total. The number of benzene rings is 1. The van der Waals surface area contributed by atoms with E-state index < -0.39 is 17.0 Å². The number of carbonyl (C=O) groups excluding carboxylic acids is 2. The highest BCUT2D eigenvalue weighted by atomic mass is 16.6. The maximum absolute atomic E-state index is 11.2. The lowest BCUT2D eigenvalue weighted by molar-refractivity contribution is -0.386. The average molecular weight is 253 g/mol. The molecule has 1 aromatic carbocycles. The standard InChI is InChI=1S/C11H11NO6/c1-7(11(14)17-2)18-10-5-8(6-13)3-4-9(10)12(15)16/h3-7H,1-2H3. The van der Waals surface area contributed by atoms with Crippen molar-refractivity contribution < 1.29 is 24.0 Å². The van der Waals surface area contributed by atoms with Crippen LogP contribution in [0.5, 0.6) is 5.75 Å². The van der Waals surface area contributed by atoms with Gasteiger partial charge in [0.25, 0.3) is 0 Å². The van der Waals surface area contributed by atoms with E-state index in [4.69, 9.17) is 4.74 Å². The molecule has 0 spiro atoms. The Morgan fingerprint density at radius 2 is 2.17 bits per heavy atom. The van der Waals surface area contributed by atoms with Crippen LogP contribution < -0.4 is 4.74 Å². The highest BCUT2D eigenvalue weighted by molar-refractivity contribution is 5.78. The van der Waals surface area contributed by atoms with Crippen LogP contribution in [-0.2, 0) is 9.53 Å². The first kappa shape index (κ1) is 13.6. The van der Waals surface area contributed by atoms with Crippen molar-refractivity contribution in [3.05, 3.63) is 33.9 Å². The molecule has 0 aliphatic carbocycles. The molecule has 0 saturated heterocycles. The fraction of sp³-hybridized carbons (Fsp3) is 0.273. The normalized spacial score (nSPS) is 11.4. The Kier molecular flexibility index (Phi) is 4.36. The number of nitrogens with zero attached hydrogens (tertiary/aromatic N) is 1. The first-order chi connectivity index (χ1) is 8.49. The minimum absolute atomic E-state index is 0.150. The third-order valence-electron chi connectivity index (χ3n) is 2.15. The fourth-order valence-corrected chi connectivity index (χ4v) is 1.25. The van der Waals surface area contributed by atoms with Crippen LogP contribution in [0.25, 0.3) is 0 Å². The van der Waals surface area contributed by atoms with Crippen molar-refractivity contribution in [1.29, 1.82) is 0 Å². The molecule has 0 fully saturated rings. The summed E-state index contributed by atoms with van der Waals surface area (Å²) < 4.78 is 9.56. The lowest BCUT2D eigenvalue weighted by Crippen LogP contribution is -2.25. The first-order valence-electron chi connectivity index (χ1n) is 4.97. The van der Waals surface area contributed by atoms with Crippen LogP contribution >= 0.6 is 0 Å². The van der Waals surface area contributed by atoms with Crippen LogP contribution in [0.4, 0.5) is 5.69 Å². The van der Waals surface area contributed by atoms with Crippen LogP contribution in [0.1, 0.15) is 17.3 Å². The van der Waals surface area contributed by atoms with E-state index in [2.05, 4.69) is 4.74 Å². The van der Waals surface area contributed by atoms with E-state index in [1.807, 2.05) is 0 Å². The lowest BCUT2D eigenvalue weighted by Gasteiger charge is -2.12. The van der Waals surface area contributed by atoms with Crippen molar-refractivity contribution in [2.45, 2.75) is 13.0 Å². The summed E-state index contributed by atoms with van der Waals surface area (Å²) in [5.74, 6) is -0.816. The fourth-order valence-electron chi connectivity index (χ4n) is 1.25. The molecule has 1 rings (SSSR count). The van der Waals surface area contributed by atoms with E-state index in [0.29, 0.717) is 6.29 Å². The number of aldehydes is 1. The molecule has 0 amide bonds. The molecule has 0 radical (unpaired) electrons. The van der Waals surface area contributed by atoms with Gasteiger partial charge >= 0.3 is 11.7 Å². The summed E-state index contributed by atoms with van der Waals surface area (Å²) in [6.45, 7) is 1.39. The molecule has 7 nitrogen and oxygen atoms in total. The van der Waals surface area contributed by atoms with Crippen molar-refractivity contribution in [2.24, 2.45) is 0 Å². The zero-order chi connectivity index (χ0) is 13.7. The second kappa shape index (κ2) is 5.76. The quantitative estimate of drug-likeness (QED) is 0.340. The Bertz CT molecular complexity index is 484. The van der Waals surface area contributed by atoms with Crippen LogP contribution in [0, 0.1) is 10.1 Å². The van der Waals surface area contributed by atoms with E-state index >= 15 is 0 Å². The predicted molar refractivity (Wildman–Crippen MR) is 60.6 cm³/mol.